The second-order valence-electron chi connectivity index (χ2n) is 2.11. The Morgan fingerprint density at radius 3 is 2.78 bits per heavy atom. The van der Waals surface area contributed by atoms with Gasteiger partial charge in [-0.15, -0.1) is 0 Å². The maximum absolute atomic E-state index is 10.8. The highest BCUT2D eigenvalue weighted by atomic mass is 79.9. The molecule has 0 aromatic carbocycles. The van der Waals surface area contributed by atoms with Gasteiger partial charge in [-0.2, -0.15) is 0 Å². The molecule has 0 amide bonds. The van der Waals surface area contributed by atoms with Crippen LogP contribution in [0, 0.1) is 5.92 Å². The predicted octanol–water partition coefficient (Wildman–Crippen LogP) is 1.33. The van der Waals surface area contributed by atoms with Crippen LogP contribution in [-0.4, -0.2) is 17.4 Å². The molecule has 9 heavy (non-hydrogen) atoms. The zero-order valence-electron chi connectivity index (χ0n) is 5.26. The first-order chi connectivity index (χ1) is 4.25. The standard InChI is InChI=1S/C6H9BrO2/c1-2-9-6(8)4-3-5(4)7/h4-5H,2-3H2,1H3/t4-,5+/m1/s1. The highest BCUT2D eigenvalue weighted by Gasteiger charge is 2.42. The van der Waals surface area contributed by atoms with Crippen LogP contribution >= 0.6 is 15.9 Å². The molecule has 0 heterocycles. The highest BCUT2D eigenvalue weighted by molar-refractivity contribution is 9.09. The Kier molecular flexibility index (Phi) is 2.11. The van der Waals surface area contributed by atoms with E-state index in [1.165, 1.54) is 0 Å². The van der Waals surface area contributed by atoms with Crippen molar-refractivity contribution in [2.24, 2.45) is 5.92 Å². The van der Waals surface area contributed by atoms with E-state index in [4.69, 9.17) is 4.74 Å². The molecular weight excluding hydrogens is 184 g/mol. The number of carbonyl (C=O) groups excluding carboxylic acids is 1. The van der Waals surface area contributed by atoms with E-state index in [-0.39, 0.29) is 11.9 Å². The highest BCUT2D eigenvalue weighted by Crippen LogP contribution is 2.38. The SMILES string of the molecule is CCOC(=O)[C@@H]1C[C@@H]1Br. The van der Waals surface area contributed by atoms with Crippen molar-refractivity contribution in [3.8, 4) is 0 Å². The topological polar surface area (TPSA) is 26.3 Å². The largest absolute Gasteiger partial charge is 0.466 e. The van der Waals surface area contributed by atoms with E-state index >= 15 is 0 Å². The van der Waals surface area contributed by atoms with Gasteiger partial charge >= 0.3 is 5.97 Å². The lowest BCUT2D eigenvalue weighted by Crippen LogP contribution is -2.07. The summed E-state index contributed by atoms with van der Waals surface area (Å²) in [5, 5.41) is 0. The lowest BCUT2D eigenvalue weighted by Gasteiger charge is -1.96. The number of alkyl halides is 1. The fraction of sp³-hybridized carbons (Fsp3) is 0.833. The van der Waals surface area contributed by atoms with E-state index in [1.807, 2.05) is 6.92 Å². The molecule has 0 aromatic rings. The number of hydrogen-bond donors (Lipinski definition) is 0. The Morgan fingerprint density at radius 1 is 1.89 bits per heavy atom. The molecule has 1 rings (SSSR count). The molecule has 0 aromatic heterocycles. The number of ether oxygens (including phenoxy) is 1. The van der Waals surface area contributed by atoms with Crippen molar-refractivity contribution in [2.45, 2.75) is 18.2 Å². The maximum atomic E-state index is 10.8. The van der Waals surface area contributed by atoms with E-state index in [0.717, 1.165) is 6.42 Å². The first-order valence-electron chi connectivity index (χ1n) is 3.06. The average molecular weight is 193 g/mol. The fourth-order valence-electron chi connectivity index (χ4n) is 0.657. The van der Waals surface area contributed by atoms with Crippen LogP contribution in [0.25, 0.3) is 0 Å². The Morgan fingerprint density at radius 2 is 2.44 bits per heavy atom. The summed E-state index contributed by atoms with van der Waals surface area (Å²) >= 11 is 3.32. The number of hydrogen-bond acceptors (Lipinski definition) is 2. The van der Waals surface area contributed by atoms with Crippen LogP contribution in [-0.2, 0) is 9.53 Å². The van der Waals surface area contributed by atoms with Crippen LogP contribution in [0.3, 0.4) is 0 Å². The van der Waals surface area contributed by atoms with Gasteiger partial charge in [0, 0.05) is 4.83 Å². The van der Waals surface area contributed by atoms with E-state index < -0.39 is 0 Å². The fourth-order valence-corrected chi connectivity index (χ4v) is 1.28. The van der Waals surface area contributed by atoms with Crippen LogP contribution in [0.5, 0.6) is 0 Å². The summed E-state index contributed by atoms with van der Waals surface area (Å²) in [5.41, 5.74) is 0. The summed E-state index contributed by atoms with van der Waals surface area (Å²) in [4.78, 5) is 11.1. The van der Waals surface area contributed by atoms with Gasteiger partial charge in [0.05, 0.1) is 12.5 Å². The van der Waals surface area contributed by atoms with E-state index in [9.17, 15) is 4.79 Å². The van der Waals surface area contributed by atoms with Gasteiger partial charge in [-0.25, -0.2) is 0 Å². The minimum atomic E-state index is -0.0561. The number of carbonyl (C=O) groups is 1. The molecule has 0 bridgehead atoms. The minimum absolute atomic E-state index is 0.0561. The Hall–Kier alpha value is -0.0500. The Labute approximate surface area is 62.7 Å². The van der Waals surface area contributed by atoms with Gasteiger partial charge in [-0.3, -0.25) is 4.79 Å². The average Bonchev–Trinajstić information content (AvgIpc) is 2.47. The number of rotatable bonds is 2. The summed E-state index contributed by atoms with van der Waals surface area (Å²) in [5.74, 6) is 0.0873. The summed E-state index contributed by atoms with van der Waals surface area (Å²) in [6, 6.07) is 0. The Balaban J connectivity index is 2.20. The molecule has 1 aliphatic carbocycles. The van der Waals surface area contributed by atoms with E-state index in [0.29, 0.717) is 11.4 Å². The quantitative estimate of drug-likeness (QED) is 0.488. The predicted molar refractivity (Wildman–Crippen MR) is 37.5 cm³/mol. The number of halogens is 1. The normalized spacial score (nSPS) is 31.8. The minimum Gasteiger partial charge on any atom is -0.466 e. The molecule has 0 aliphatic heterocycles. The smallest absolute Gasteiger partial charge is 0.310 e. The third-order valence-corrected chi connectivity index (χ3v) is 2.31. The van der Waals surface area contributed by atoms with E-state index in [1.54, 1.807) is 0 Å². The van der Waals surface area contributed by atoms with Crippen LogP contribution < -0.4 is 0 Å². The van der Waals surface area contributed by atoms with E-state index in [2.05, 4.69) is 15.9 Å². The molecule has 3 heteroatoms. The zero-order valence-corrected chi connectivity index (χ0v) is 6.85. The number of esters is 1. The third kappa shape index (κ3) is 1.68. The monoisotopic (exact) mass is 192 g/mol. The molecule has 2 atom stereocenters. The molecule has 0 N–H and O–H groups in total. The van der Waals surface area contributed by atoms with Gasteiger partial charge < -0.3 is 4.74 Å². The molecule has 0 unspecified atom stereocenters. The van der Waals surface area contributed by atoms with Gasteiger partial charge in [-0.1, -0.05) is 15.9 Å². The third-order valence-electron chi connectivity index (χ3n) is 1.30. The summed E-state index contributed by atoms with van der Waals surface area (Å²) in [6.07, 6.45) is 0.943. The zero-order chi connectivity index (χ0) is 6.85. The van der Waals surface area contributed by atoms with Crippen molar-refractivity contribution in [3.05, 3.63) is 0 Å². The maximum Gasteiger partial charge on any atom is 0.310 e. The van der Waals surface area contributed by atoms with Crippen molar-refractivity contribution in [1.82, 2.24) is 0 Å². The van der Waals surface area contributed by atoms with Gasteiger partial charge in [-0.05, 0) is 13.3 Å². The molecule has 1 saturated carbocycles. The van der Waals surface area contributed by atoms with Crippen LogP contribution in [0.15, 0.2) is 0 Å². The molecule has 0 spiro atoms. The molecule has 0 saturated heterocycles. The van der Waals surface area contributed by atoms with Crippen molar-refractivity contribution >= 4 is 21.9 Å². The van der Waals surface area contributed by atoms with Gasteiger partial charge in [0.15, 0.2) is 0 Å². The van der Waals surface area contributed by atoms with Crippen LogP contribution in [0.2, 0.25) is 0 Å². The molecule has 0 radical (unpaired) electrons. The molecule has 1 aliphatic rings. The molecular formula is C6H9BrO2. The lowest BCUT2D eigenvalue weighted by atomic mass is 10.4. The van der Waals surface area contributed by atoms with Crippen molar-refractivity contribution in [1.29, 1.82) is 0 Å². The molecule has 2 nitrogen and oxygen atoms in total. The van der Waals surface area contributed by atoms with Gasteiger partial charge in [0.2, 0.25) is 0 Å². The lowest BCUT2D eigenvalue weighted by molar-refractivity contribution is -0.144. The second kappa shape index (κ2) is 2.69. The molecule has 1 fully saturated rings. The first kappa shape index (κ1) is 7.06. The van der Waals surface area contributed by atoms with Crippen LogP contribution in [0.1, 0.15) is 13.3 Å². The second-order valence-corrected chi connectivity index (χ2v) is 3.29. The summed E-state index contributed by atoms with van der Waals surface area (Å²) in [7, 11) is 0. The van der Waals surface area contributed by atoms with Gasteiger partial charge in [0.1, 0.15) is 0 Å². The van der Waals surface area contributed by atoms with Crippen molar-refractivity contribution in [2.75, 3.05) is 6.61 Å². The Bertz CT molecular complexity index is 124. The van der Waals surface area contributed by atoms with Gasteiger partial charge in [0.25, 0.3) is 0 Å². The van der Waals surface area contributed by atoms with Crippen LogP contribution in [0.4, 0.5) is 0 Å². The first-order valence-corrected chi connectivity index (χ1v) is 3.98. The summed E-state index contributed by atoms with van der Waals surface area (Å²) in [6.45, 7) is 2.32. The van der Waals surface area contributed by atoms with Crippen molar-refractivity contribution < 1.29 is 9.53 Å². The molecule has 52 valence electrons. The van der Waals surface area contributed by atoms with Crippen molar-refractivity contribution in [3.63, 3.8) is 0 Å². The summed E-state index contributed by atoms with van der Waals surface area (Å²) < 4.78 is 4.77.